The Morgan fingerprint density at radius 3 is 2.54 bits per heavy atom. The number of ketones is 1. The molecule has 4 aliphatic rings. The number of hydrogen-bond donors (Lipinski definition) is 1. The van der Waals surface area contributed by atoms with E-state index < -0.39 is 0 Å². The molecule has 2 aromatic carbocycles. The van der Waals surface area contributed by atoms with Gasteiger partial charge in [0, 0.05) is 78.6 Å². The monoisotopic (exact) mass is 550 g/mol. The quantitative estimate of drug-likeness (QED) is 0.377. The molecule has 0 radical (unpaired) electrons. The number of H-pyrrole nitrogens is 1. The molecule has 0 bridgehead atoms. The van der Waals surface area contributed by atoms with Gasteiger partial charge in [-0.25, -0.2) is 0 Å². The third-order valence-corrected chi connectivity index (χ3v) is 9.73. The van der Waals surface area contributed by atoms with Crippen LogP contribution in [0, 0.1) is 11.8 Å². The number of aliphatic imine (C=N–C) groups is 1. The Labute approximate surface area is 241 Å². The van der Waals surface area contributed by atoms with E-state index in [1.165, 1.54) is 0 Å². The van der Waals surface area contributed by atoms with E-state index in [4.69, 9.17) is 9.47 Å². The van der Waals surface area contributed by atoms with E-state index in [0.717, 1.165) is 115 Å². The van der Waals surface area contributed by atoms with Crippen LogP contribution in [0.2, 0.25) is 0 Å². The van der Waals surface area contributed by atoms with E-state index in [2.05, 4.69) is 68.7 Å². The molecule has 1 spiro atoms. The Balaban J connectivity index is 1.32. The molecule has 3 aliphatic heterocycles. The molecule has 7 rings (SSSR count). The lowest BCUT2D eigenvalue weighted by Gasteiger charge is -2.43. The Bertz CT molecular complexity index is 1560. The summed E-state index contributed by atoms with van der Waals surface area (Å²) in [5.41, 5.74) is 7.66. The molecule has 3 saturated heterocycles. The number of hydrogen-bond acceptors (Lipinski definition) is 6. The molecule has 1 N–H and O–H groups in total. The minimum absolute atomic E-state index is 0.0877. The second-order valence-electron chi connectivity index (χ2n) is 11.8. The molecule has 0 saturated carbocycles. The number of carbonyl (C=O) groups is 1. The minimum atomic E-state index is -0.300. The third-order valence-electron chi connectivity index (χ3n) is 9.73. The largest absolute Gasteiger partial charge is 0.381 e. The summed E-state index contributed by atoms with van der Waals surface area (Å²) in [6.45, 7) is 13.1. The highest BCUT2D eigenvalue weighted by atomic mass is 16.5. The maximum atomic E-state index is 14.3. The zero-order chi connectivity index (χ0) is 28.0. The molecule has 1 aromatic heterocycles. The summed E-state index contributed by atoms with van der Waals surface area (Å²) in [6, 6.07) is 11.3. The fraction of sp³-hybridized carbons (Fsp3) is 0.471. The molecule has 3 aromatic rings. The second kappa shape index (κ2) is 10.8. The molecular formula is C34H38N4O3. The first-order valence-corrected chi connectivity index (χ1v) is 15.0. The second-order valence-corrected chi connectivity index (χ2v) is 11.8. The lowest BCUT2D eigenvalue weighted by molar-refractivity contribution is 0.0115. The molecule has 7 heteroatoms. The van der Waals surface area contributed by atoms with E-state index in [9.17, 15) is 4.79 Å². The SMILES string of the molecule is C=NCc1ccc2c3c([nH]c2c1)C1(CCOCC1)c1cc(N2CCC(N4CCOCC4)CC2)c(C#CC)cc1C3=O. The summed E-state index contributed by atoms with van der Waals surface area (Å²) >= 11 is 0. The lowest BCUT2D eigenvalue weighted by Crippen LogP contribution is -2.49. The van der Waals surface area contributed by atoms with Crippen LogP contribution in [-0.2, 0) is 21.4 Å². The van der Waals surface area contributed by atoms with E-state index >= 15 is 0 Å². The summed E-state index contributed by atoms with van der Waals surface area (Å²) in [5, 5.41) is 0.978. The first-order chi connectivity index (χ1) is 20.1. The molecule has 7 nitrogen and oxygen atoms in total. The third kappa shape index (κ3) is 4.41. The van der Waals surface area contributed by atoms with E-state index in [0.29, 0.717) is 25.8 Å². The van der Waals surface area contributed by atoms with Gasteiger partial charge in [-0.15, -0.1) is 5.92 Å². The number of ether oxygens (including phenoxy) is 2. The normalized spacial score (nSPS) is 20.9. The van der Waals surface area contributed by atoms with Crippen molar-refractivity contribution in [3.8, 4) is 11.8 Å². The predicted octanol–water partition coefficient (Wildman–Crippen LogP) is 4.68. The molecule has 3 fully saturated rings. The van der Waals surface area contributed by atoms with Crippen molar-refractivity contribution in [3.63, 3.8) is 0 Å². The van der Waals surface area contributed by atoms with Gasteiger partial charge in [0.1, 0.15) is 0 Å². The molecule has 1 aliphatic carbocycles. The van der Waals surface area contributed by atoms with Crippen molar-refractivity contribution >= 4 is 29.1 Å². The Kier molecular flexibility index (Phi) is 6.94. The van der Waals surface area contributed by atoms with Crippen LogP contribution in [-0.4, -0.2) is 81.0 Å². The fourth-order valence-electron chi connectivity index (χ4n) is 7.66. The van der Waals surface area contributed by atoms with Crippen LogP contribution >= 0.6 is 0 Å². The Morgan fingerprint density at radius 1 is 1.05 bits per heavy atom. The van der Waals surface area contributed by atoms with Gasteiger partial charge in [-0.1, -0.05) is 18.1 Å². The molecule has 4 heterocycles. The van der Waals surface area contributed by atoms with Crippen LogP contribution in [0.25, 0.3) is 10.9 Å². The number of aromatic nitrogens is 1. The minimum Gasteiger partial charge on any atom is -0.381 e. The standard InChI is InChI=1S/C34H38N4O3/c1-3-4-24-20-27-28(21-30(24)38-11-7-25(8-12-38)37-13-17-41-18-14-37)34(9-15-40-16-10-34)33-31(32(27)39)26-6-5-23(22-35-2)19-29(26)36-33/h5-6,19-21,25,36H,2,7-18,22H2,1H3. The topological polar surface area (TPSA) is 70.2 Å². The van der Waals surface area contributed by atoms with Crippen molar-refractivity contribution in [1.29, 1.82) is 0 Å². The van der Waals surface area contributed by atoms with Crippen molar-refractivity contribution < 1.29 is 14.3 Å². The molecular weight excluding hydrogens is 512 g/mol. The lowest BCUT2D eigenvalue weighted by atomic mass is 9.64. The smallest absolute Gasteiger partial charge is 0.195 e. The number of carbonyl (C=O) groups excluding carboxylic acids is 1. The average molecular weight is 551 g/mol. The molecule has 212 valence electrons. The summed E-state index contributed by atoms with van der Waals surface area (Å²) < 4.78 is 11.5. The van der Waals surface area contributed by atoms with Gasteiger partial charge in [-0.05, 0) is 68.7 Å². The number of anilines is 1. The number of nitrogens with one attached hydrogen (secondary N) is 1. The van der Waals surface area contributed by atoms with Gasteiger partial charge in [0.15, 0.2) is 5.78 Å². The summed E-state index contributed by atoms with van der Waals surface area (Å²) in [6.07, 6.45) is 3.93. The zero-order valence-electron chi connectivity index (χ0n) is 23.9. The maximum absolute atomic E-state index is 14.3. The summed E-state index contributed by atoms with van der Waals surface area (Å²) in [7, 11) is 0. The number of nitrogens with zero attached hydrogens (tertiary/aromatic N) is 3. The van der Waals surface area contributed by atoms with E-state index in [1.807, 2.05) is 6.92 Å². The number of piperidine rings is 1. The number of benzene rings is 2. The maximum Gasteiger partial charge on any atom is 0.195 e. The fourth-order valence-corrected chi connectivity index (χ4v) is 7.66. The van der Waals surface area contributed by atoms with Crippen LogP contribution in [0.3, 0.4) is 0 Å². The van der Waals surface area contributed by atoms with Crippen LogP contribution in [0.5, 0.6) is 0 Å². The van der Waals surface area contributed by atoms with E-state index in [1.54, 1.807) is 0 Å². The highest BCUT2D eigenvalue weighted by Gasteiger charge is 2.47. The van der Waals surface area contributed by atoms with E-state index in [-0.39, 0.29) is 11.2 Å². The van der Waals surface area contributed by atoms with Gasteiger partial charge < -0.3 is 19.4 Å². The first kappa shape index (κ1) is 26.5. The van der Waals surface area contributed by atoms with Gasteiger partial charge in [-0.3, -0.25) is 14.7 Å². The Hall–Kier alpha value is -3.44. The van der Waals surface area contributed by atoms with Gasteiger partial charge in [-0.2, -0.15) is 0 Å². The summed E-state index contributed by atoms with van der Waals surface area (Å²) in [5.74, 6) is 6.58. The Morgan fingerprint density at radius 2 is 1.80 bits per heavy atom. The predicted molar refractivity (Wildman–Crippen MR) is 162 cm³/mol. The van der Waals surface area contributed by atoms with Crippen LogP contribution in [0.4, 0.5) is 5.69 Å². The van der Waals surface area contributed by atoms with Crippen LogP contribution < -0.4 is 4.90 Å². The molecule has 0 amide bonds. The van der Waals surface area contributed by atoms with Crippen molar-refractivity contribution in [2.75, 3.05) is 57.5 Å². The number of rotatable bonds is 4. The number of morpholine rings is 1. The van der Waals surface area contributed by atoms with Crippen molar-refractivity contribution in [3.05, 3.63) is 63.8 Å². The summed E-state index contributed by atoms with van der Waals surface area (Å²) in [4.78, 5) is 27.2. The average Bonchev–Trinajstić information content (AvgIpc) is 3.41. The van der Waals surface area contributed by atoms with Crippen molar-refractivity contribution in [2.24, 2.45) is 4.99 Å². The molecule has 0 unspecified atom stereocenters. The zero-order valence-corrected chi connectivity index (χ0v) is 23.9. The molecule has 0 atom stereocenters. The number of fused-ring (bicyclic) bond motifs is 6. The first-order valence-electron chi connectivity index (χ1n) is 15.0. The highest BCUT2D eigenvalue weighted by Crippen LogP contribution is 2.51. The van der Waals surface area contributed by atoms with Crippen LogP contribution in [0.1, 0.15) is 70.9 Å². The van der Waals surface area contributed by atoms with Crippen molar-refractivity contribution in [1.82, 2.24) is 9.88 Å². The van der Waals surface area contributed by atoms with Crippen molar-refractivity contribution in [2.45, 2.75) is 50.6 Å². The van der Waals surface area contributed by atoms with Gasteiger partial charge in [0.25, 0.3) is 0 Å². The number of aromatic amines is 1. The highest BCUT2D eigenvalue weighted by molar-refractivity contribution is 6.20. The van der Waals surface area contributed by atoms with Gasteiger partial charge in [0.2, 0.25) is 0 Å². The van der Waals surface area contributed by atoms with Crippen LogP contribution in [0.15, 0.2) is 35.3 Å². The molecule has 41 heavy (non-hydrogen) atoms. The van der Waals surface area contributed by atoms with Gasteiger partial charge >= 0.3 is 0 Å². The van der Waals surface area contributed by atoms with Gasteiger partial charge in [0.05, 0.1) is 31.0 Å².